The molecule has 0 saturated carbocycles. The molecule has 236 valence electrons. The van der Waals surface area contributed by atoms with Crippen molar-refractivity contribution in [1.29, 1.82) is 0 Å². The van der Waals surface area contributed by atoms with Crippen LogP contribution in [0.25, 0.3) is 67.2 Å². The van der Waals surface area contributed by atoms with E-state index in [9.17, 15) is 0 Å². The smallest absolute Gasteiger partial charge is 0.164 e. The molecule has 0 N–H and O–H groups in total. The number of anilines is 3. The Morgan fingerprint density at radius 2 is 0.900 bits per heavy atom. The molecule has 9 aromatic rings. The van der Waals surface area contributed by atoms with Gasteiger partial charge in [0.05, 0.1) is 11.4 Å². The zero-order valence-electron chi connectivity index (χ0n) is 27.0. The van der Waals surface area contributed by atoms with Gasteiger partial charge in [0.15, 0.2) is 23.1 Å². The number of hydrogen-bond donors (Lipinski definition) is 0. The molecule has 2 aromatic heterocycles. The minimum Gasteiger partial charge on any atom is -0.454 e. The van der Waals surface area contributed by atoms with Gasteiger partial charge in [-0.3, -0.25) is 0 Å². The van der Waals surface area contributed by atoms with E-state index in [2.05, 4.69) is 108 Å². The lowest BCUT2D eigenvalue weighted by molar-refractivity contribution is 0.669. The van der Waals surface area contributed by atoms with Crippen LogP contribution in [0.2, 0.25) is 0 Å². The average molecular weight is 643 g/mol. The molecule has 0 bridgehead atoms. The quantitative estimate of drug-likeness (QED) is 0.173. The van der Waals surface area contributed by atoms with Crippen molar-refractivity contribution in [2.45, 2.75) is 0 Å². The van der Waals surface area contributed by atoms with Crippen molar-refractivity contribution in [1.82, 2.24) is 15.0 Å². The zero-order chi connectivity index (χ0) is 33.3. The summed E-state index contributed by atoms with van der Waals surface area (Å²) >= 11 is 0. The first-order valence-electron chi connectivity index (χ1n) is 16.6. The summed E-state index contributed by atoms with van der Waals surface area (Å²) in [7, 11) is 0. The summed E-state index contributed by atoms with van der Waals surface area (Å²) in [6.07, 6.45) is 0. The van der Waals surface area contributed by atoms with Gasteiger partial charge in [0.2, 0.25) is 0 Å². The van der Waals surface area contributed by atoms with E-state index < -0.39 is 0 Å². The number of nitrogens with zero attached hydrogens (tertiary/aromatic N) is 4. The highest BCUT2D eigenvalue weighted by Gasteiger charge is 2.22. The Hall–Kier alpha value is -6.85. The molecule has 50 heavy (non-hydrogen) atoms. The number of fused-ring (bicyclic) bond motifs is 3. The summed E-state index contributed by atoms with van der Waals surface area (Å²) in [5.74, 6) is 1.83. The lowest BCUT2D eigenvalue weighted by atomic mass is 10.0. The molecule has 5 nitrogen and oxygen atoms in total. The molecule has 0 atom stereocenters. The molecule has 0 amide bonds. The largest absolute Gasteiger partial charge is 0.454 e. The summed E-state index contributed by atoms with van der Waals surface area (Å²) < 4.78 is 6.83. The molecule has 7 aromatic carbocycles. The van der Waals surface area contributed by atoms with Crippen molar-refractivity contribution in [3.8, 4) is 45.3 Å². The van der Waals surface area contributed by atoms with E-state index in [1.54, 1.807) is 0 Å². The first-order valence-corrected chi connectivity index (χ1v) is 16.6. The Bertz CT molecular complexity index is 2530. The molecule has 0 fully saturated rings. The van der Waals surface area contributed by atoms with Crippen molar-refractivity contribution in [3.05, 3.63) is 182 Å². The van der Waals surface area contributed by atoms with Crippen LogP contribution in [-0.4, -0.2) is 15.0 Å². The SMILES string of the molecule is c1ccc(-c2nc(-c3ccccc3)nc(-c3ccc4c(c3)oc3c(N(c5ccccc5)c5ccccc5-c5ccccc5)cccc34)n2)cc1. The number of benzene rings is 7. The van der Waals surface area contributed by atoms with Gasteiger partial charge in [-0.25, -0.2) is 15.0 Å². The maximum absolute atomic E-state index is 6.83. The lowest BCUT2D eigenvalue weighted by Gasteiger charge is -2.27. The molecule has 0 aliphatic carbocycles. The standard InChI is InChI=1S/C45H30N4O/c1-5-16-31(17-6-1)36-24-13-14-26-39(36)49(35-22-11-4-12-23-35)40-27-15-25-38-37-29-28-34(30-41(37)50-42(38)40)45-47-43(32-18-7-2-8-19-32)46-44(48-45)33-20-9-3-10-21-33/h1-30H. The summed E-state index contributed by atoms with van der Waals surface area (Å²) in [6, 6.07) is 62.1. The number of aromatic nitrogens is 3. The number of para-hydroxylation sites is 3. The third kappa shape index (κ3) is 5.37. The molecule has 2 heterocycles. The topological polar surface area (TPSA) is 55.1 Å². The highest BCUT2D eigenvalue weighted by Crippen LogP contribution is 2.45. The van der Waals surface area contributed by atoms with E-state index in [1.165, 1.54) is 0 Å². The maximum atomic E-state index is 6.83. The monoisotopic (exact) mass is 642 g/mol. The third-order valence-corrected chi connectivity index (χ3v) is 8.92. The minimum atomic E-state index is 0.586. The second-order valence-electron chi connectivity index (χ2n) is 12.1. The number of rotatable bonds is 7. The first kappa shape index (κ1) is 29.3. The Morgan fingerprint density at radius 1 is 0.380 bits per heavy atom. The second-order valence-corrected chi connectivity index (χ2v) is 12.1. The van der Waals surface area contributed by atoms with Crippen LogP contribution in [0.15, 0.2) is 186 Å². The van der Waals surface area contributed by atoms with Crippen molar-refractivity contribution in [2.24, 2.45) is 0 Å². The minimum absolute atomic E-state index is 0.586. The van der Waals surface area contributed by atoms with Crippen molar-refractivity contribution in [3.63, 3.8) is 0 Å². The first-order chi connectivity index (χ1) is 24.8. The Morgan fingerprint density at radius 3 is 1.54 bits per heavy atom. The van der Waals surface area contributed by atoms with Crippen LogP contribution >= 0.6 is 0 Å². The van der Waals surface area contributed by atoms with Gasteiger partial charge >= 0.3 is 0 Å². The summed E-state index contributed by atoms with van der Waals surface area (Å²) in [4.78, 5) is 17.1. The molecular weight excluding hydrogens is 613 g/mol. The summed E-state index contributed by atoms with van der Waals surface area (Å²) in [5.41, 5.74) is 9.60. The normalized spacial score (nSPS) is 11.2. The third-order valence-electron chi connectivity index (χ3n) is 8.92. The van der Waals surface area contributed by atoms with Gasteiger partial charge in [0.25, 0.3) is 0 Å². The molecule has 0 spiro atoms. The molecule has 0 unspecified atom stereocenters. The fourth-order valence-corrected chi connectivity index (χ4v) is 6.55. The molecule has 0 aliphatic rings. The van der Waals surface area contributed by atoms with Crippen LogP contribution < -0.4 is 4.90 Å². The number of furan rings is 1. The summed E-state index contributed by atoms with van der Waals surface area (Å²) in [6.45, 7) is 0. The fraction of sp³-hybridized carbons (Fsp3) is 0. The van der Waals surface area contributed by atoms with Gasteiger partial charge in [-0.05, 0) is 42.0 Å². The van der Waals surface area contributed by atoms with Crippen molar-refractivity contribution in [2.75, 3.05) is 4.90 Å². The predicted molar refractivity (Wildman–Crippen MR) is 204 cm³/mol. The molecular formula is C45H30N4O. The molecule has 0 aliphatic heterocycles. The Kier molecular flexibility index (Phi) is 7.41. The van der Waals surface area contributed by atoms with E-state index >= 15 is 0 Å². The van der Waals surface area contributed by atoms with Gasteiger partial charge in [0.1, 0.15) is 5.58 Å². The fourth-order valence-electron chi connectivity index (χ4n) is 6.55. The van der Waals surface area contributed by atoms with E-state index in [4.69, 9.17) is 19.4 Å². The van der Waals surface area contributed by atoms with Gasteiger partial charge in [0, 0.05) is 38.7 Å². The van der Waals surface area contributed by atoms with Crippen LogP contribution in [-0.2, 0) is 0 Å². The highest BCUT2D eigenvalue weighted by atomic mass is 16.3. The Labute approximate surface area is 289 Å². The second kappa shape index (κ2) is 12.6. The molecule has 0 saturated heterocycles. The molecule has 5 heteroatoms. The van der Waals surface area contributed by atoms with Crippen LogP contribution in [0.1, 0.15) is 0 Å². The van der Waals surface area contributed by atoms with Crippen LogP contribution in [0.4, 0.5) is 17.1 Å². The van der Waals surface area contributed by atoms with E-state index in [0.717, 1.165) is 66.8 Å². The van der Waals surface area contributed by atoms with Gasteiger partial charge in [-0.15, -0.1) is 0 Å². The van der Waals surface area contributed by atoms with Crippen LogP contribution in [0.5, 0.6) is 0 Å². The predicted octanol–water partition coefficient (Wildman–Crippen LogP) is 11.9. The average Bonchev–Trinajstić information content (AvgIpc) is 3.58. The van der Waals surface area contributed by atoms with Gasteiger partial charge in [-0.1, -0.05) is 146 Å². The van der Waals surface area contributed by atoms with Crippen molar-refractivity contribution < 1.29 is 4.42 Å². The zero-order valence-corrected chi connectivity index (χ0v) is 27.0. The maximum Gasteiger partial charge on any atom is 0.164 e. The van der Waals surface area contributed by atoms with E-state index in [0.29, 0.717) is 17.5 Å². The van der Waals surface area contributed by atoms with E-state index in [1.807, 2.05) is 78.9 Å². The lowest BCUT2D eigenvalue weighted by Crippen LogP contribution is -2.11. The van der Waals surface area contributed by atoms with E-state index in [-0.39, 0.29) is 0 Å². The Balaban J connectivity index is 1.22. The summed E-state index contributed by atoms with van der Waals surface area (Å²) in [5, 5.41) is 2.06. The van der Waals surface area contributed by atoms with Gasteiger partial charge < -0.3 is 9.32 Å². The van der Waals surface area contributed by atoms with Crippen LogP contribution in [0.3, 0.4) is 0 Å². The van der Waals surface area contributed by atoms with Crippen molar-refractivity contribution >= 4 is 39.0 Å². The molecule has 9 rings (SSSR count). The number of hydrogen-bond acceptors (Lipinski definition) is 5. The molecule has 0 radical (unpaired) electrons. The van der Waals surface area contributed by atoms with Crippen LogP contribution in [0, 0.1) is 0 Å². The highest BCUT2D eigenvalue weighted by molar-refractivity contribution is 6.11. The van der Waals surface area contributed by atoms with Gasteiger partial charge in [-0.2, -0.15) is 0 Å².